The standard InChI is InChI=1S/C17H22N4O3/c1-12-11-16(19-24-12)18-17(23)13(2)20-7-9-21(10-8-20)14-3-5-15(22)6-4-14/h3-6,11,13,22H,7-10H2,1-2H3,(H,18,19,23)/p+1/t13-/m0/s1. The number of hydrogen-bond donors (Lipinski definition) is 3. The summed E-state index contributed by atoms with van der Waals surface area (Å²) >= 11 is 0. The van der Waals surface area contributed by atoms with E-state index in [0.29, 0.717) is 11.6 Å². The molecule has 1 aromatic carbocycles. The van der Waals surface area contributed by atoms with Crippen molar-refractivity contribution >= 4 is 17.4 Å². The number of piperazine rings is 1. The minimum absolute atomic E-state index is 0.0450. The monoisotopic (exact) mass is 331 g/mol. The zero-order chi connectivity index (χ0) is 17.1. The van der Waals surface area contributed by atoms with E-state index in [0.717, 1.165) is 31.9 Å². The van der Waals surface area contributed by atoms with Crippen LogP contribution in [-0.2, 0) is 4.79 Å². The Balaban J connectivity index is 1.53. The van der Waals surface area contributed by atoms with E-state index in [4.69, 9.17) is 4.52 Å². The van der Waals surface area contributed by atoms with Crippen LogP contribution in [0, 0.1) is 6.92 Å². The average Bonchev–Trinajstić information content (AvgIpc) is 3.00. The zero-order valence-electron chi connectivity index (χ0n) is 14.0. The van der Waals surface area contributed by atoms with E-state index in [1.54, 1.807) is 25.1 Å². The van der Waals surface area contributed by atoms with Gasteiger partial charge in [0.2, 0.25) is 0 Å². The third-order valence-corrected chi connectivity index (χ3v) is 4.51. The fraction of sp³-hybridized carbons (Fsp3) is 0.412. The Morgan fingerprint density at radius 1 is 1.33 bits per heavy atom. The fourth-order valence-corrected chi connectivity index (χ4v) is 2.99. The molecular formula is C17H23N4O3+. The minimum Gasteiger partial charge on any atom is -0.508 e. The lowest BCUT2D eigenvalue weighted by molar-refractivity contribution is -0.914. The van der Waals surface area contributed by atoms with Gasteiger partial charge < -0.3 is 24.7 Å². The lowest BCUT2D eigenvalue weighted by atomic mass is 10.2. The molecule has 0 aliphatic carbocycles. The lowest BCUT2D eigenvalue weighted by Crippen LogP contribution is -3.19. The third kappa shape index (κ3) is 3.68. The van der Waals surface area contributed by atoms with E-state index in [2.05, 4.69) is 15.4 Å². The molecule has 7 nitrogen and oxygen atoms in total. The summed E-state index contributed by atoms with van der Waals surface area (Å²) in [6.45, 7) is 7.25. The lowest BCUT2D eigenvalue weighted by Gasteiger charge is -2.35. The van der Waals surface area contributed by atoms with Gasteiger partial charge in [-0.3, -0.25) is 4.79 Å². The predicted octanol–water partition coefficient (Wildman–Crippen LogP) is 0.421. The molecule has 3 N–H and O–H groups in total. The first-order chi connectivity index (χ1) is 11.5. The van der Waals surface area contributed by atoms with Gasteiger partial charge in [-0.05, 0) is 38.1 Å². The van der Waals surface area contributed by atoms with Gasteiger partial charge >= 0.3 is 0 Å². The molecule has 2 aromatic rings. The van der Waals surface area contributed by atoms with Crippen LogP contribution >= 0.6 is 0 Å². The summed E-state index contributed by atoms with van der Waals surface area (Å²) < 4.78 is 4.97. The first-order valence-corrected chi connectivity index (χ1v) is 8.15. The van der Waals surface area contributed by atoms with Gasteiger partial charge in [-0.25, -0.2) is 0 Å². The summed E-state index contributed by atoms with van der Waals surface area (Å²) in [6, 6.07) is 8.80. The quantitative estimate of drug-likeness (QED) is 0.756. The number of carbonyl (C=O) groups is 1. The van der Waals surface area contributed by atoms with E-state index >= 15 is 0 Å². The highest BCUT2D eigenvalue weighted by atomic mass is 16.5. The Labute approximate surface area is 140 Å². The number of anilines is 2. The van der Waals surface area contributed by atoms with Crippen molar-refractivity contribution in [2.45, 2.75) is 19.9 Å². The molecule has 24 heavy (non-hydrogen) atoms. The van der Waals surface area contributed by atoms with Crippen LogP contribution in [0.15, 0.2) is 34.9 Å². The number of phenols is 1. The minimum atomic E-state index is -0.149. The maximum absolute atomic E-state index is 12.4. The van der Waals surface area contributed by atoms with Crippen molar-refractivity contribution < 1.29 is 19.3 Å². The van der Waals surface area contributed by atoms with E-state index < -0.39 is 0 Å². The molecule has 7 heteroatoms. The molecule has 1 aliphatic rings. The van der Waals surface area contributed by atoms with Crippen molar-refractivity contribution in [3.05, 3.63) is 36.1 Å². The summed E-state index contributed by atoms with van der Waals surface area (Å²) in [5.74, 6) is 1.37. The summed E-state index contributed by atoms with van der Waals surface area (Å²) in [6.07, 6.45) is 0. The number of hydrogen-bond acceptors (Lipinski definition) is 5. The molecule has 1 aromatic heterocycles. The van der Waals surface area contributed by atoms with Gasteiger partial charge in [0.05, 0.1) is 26.2 Å². The van der Waals surface area contributed by atoms with Gasteiger partial charge in [-0.2, -0.15) is 0 Å². The Hall–Kier alpha value is -2.54. The fourth-order valence-electron chi connectivity index (χ4n) is 2.99. The number of benzene rings is 1. The van der Waals surface area contributed by atoms with Crippen LogP contribution in [-0.4, -0.2) is 48.4 Å². The molecule has 0 radical (unpaired) electrons. The molecule has 0 spiro atoms. The number of aromatic nitrogens is 1. The Kier molecular flexibility index (Phi) is 4.71. The number of aryl methyl sites for hydroxylation is 1. The molecular weight excluding hydrogens is 308 g/mol. The number of phenolic OH excluding ortho intramolecular Hbond substituents is 1. The number of nitrogens with zero attached hydrogens (tertiary/aromatic N) is 2. The second-order valence-electron chi connectivity index (χ2n) is 6.20. The zero-order valence-corrected chi connectivity index (χ0v) is 14.0. The van der Waals surface area contributed by atoms with Crippen molar-refractivity contribution in [3.8, 4) is 5.75 Å². The van der Waals surface area contributed by atoms with Crippen LogP contribution in [0.5, 0.6) is 5.75 Å². The van der Waals surface area contributed by atoms with Crippen molar-refractivity contribution in [2.75, 3.05) is 36.4 Å². The molecule has 128 valence electrons. The molecule has 1 amide bonds. The normalized spacial score (nSPS) is 16.8. The third-order valence-electron chi connectivity index (χ3n) is 4.51. The second kappa shape index (κ2) is 6.92. The smallest absolute Gasteiger partial charge is 0.283 e. The van der Waals surface area contributed by atoms with E-state index in [1.165, 1.54) is 4.90 Å². The van der Waals surface area contributed by atoms with E-state index in [9.17, 15) is 9.90 Å². The van der Waals surface area contributed by atoms with Gasteiger partial charge in [0.1, 0.15) is 11.5 Å². The SMILES string of the molecule is Cc1cc(NC(=O)[C@H](C)[NH+]2CCN(c3ccc(O)cc3)CC2)no1. The van der Waals surface area contributed by atoms with Crippen molar-refractivity contribution in [1.82, 2.24) is 5.16 Å². The molecule has 0 saturated carbocycles. The Morgan fingerprint density at radius 2 is 2.00 bits per heavy atom. The van der Waals surface area contributed by atoms with E-state index in [-0.39, 0.29) is 17.7 Å². The highest BCUT2D eigenvalue weighted by Crippen LogP contribution is 2.18. The van der Waals surface area contributed by atoms with Crippen LogP contribution in [0.2, 0.25) is 0 Å². The van der Waals surface area contributed by atoms with Crippen molar-refractivity contribution in [1.29, 1.82) is 0 Å². The molecule has 2 heterocycles. The van der Waals surface area contributed by atoms with Crippen LogP contribution in [0.3, 0.4) is 0 Å². The molecule has 1 fully saturated rings. The summed E-state index contributed by atoms with van der Waals surface area (Å²) in [5, 5.41) is 16.0. The Bertz CT molecular complexity index is 690. The summed E-state index contributed by atoms with van der Waals surface area (Å²) in [7, 11) is 0. The largest absolute Gasteiger partial charge is 0.508 e. The summed E-state index contributed by atoms with van der Waals surface area (Å²) in [4.78, 5) is 15.9. The molecule has 1 atom stereocenters. The number of nitrogens with one attached hydrogen (secondary N) is 2. The number of rotatable bonds is 4. The molecule has 0 unspecified atom stereocenters. The van der Waals surface area contributed by atoms with Crippen molar-refractivity contribution in [2.24, 2.45) is 0 Å². The highest BCUT2D eigenvalue weighted by molar-refractivity contribution is 5.92. The molecule has 3 rings (SSSR count). The highest BCUT2D eigenvalue weighted by Gasteiger charge is 2.29. The number of aromatic hydroxyl groups is 1. The van der Waals surface area contributed by atoms with Crippen molar-refractivity contribution in [3.63, 3.8) is 0 Å². The van der Waals surface area contributed by atoms with Gasteiger partial charge in [0.25, 0.3) is 5.91 Å². The van der Waals surface area contributed by atoms with Gasteiger partial charge in [0.15, 0.2) is 11.9 Å². The van der Waals surface area contributed by atoms with Crippen LogP contribution in [0.4, 0.5) is 11.5 Å². The maximum Gasteiger partial charge on any atom is 0.283 e. The second-order valence-corrected chi connectivity index (χ2v) is 6.20. The number of amides is 1. The topological polar surface area (TPSA) is 83.0 Å². The van der Waals surface area contributed by atoms with Crippen LogP contribution < -0.4 is 15.1 Å². The van der Waals surface area contributed by atoms with Gasteiger partial charge in [-0.1, -0.05) is 5.16 Å². The summed E-state index contributed by atoms with van der Waals surface area (Å²) in [5.41, 5.74) is 1.10. The molecule has 1 saturated heterocycles. The van der Waals surface area contributed by atoms with Gasteiger partial charge in [0, 0.05) is 11.8 Å². The molecule has 1 aliphatic heterocycles. The predicted molar refractivity (Wildman–Crippen MR) is 90.3 cm³/mol. The maximum atomic E-state index is 12.4. The Morgan fingerprint density at radius 3 is 2.58 bits per heavy atom. The number of quaternary nitrogens is 1. The van der Waals surface area contributed by atoms with Crippen LogP contribution in [0.25, 0.3) is 0 Å². The first kappa shape index (κ1) is 16.3. The number of carbonyl (C=O) groups excluding carboxylic acids is 1. The van der Waals surface area contributed by atoms with Gasteiger partial charge in [-0.15, -0.1) is 0 Å². The average molecular weight is 331 g/mol. The first-order valence-electron chi connectivity index (χ1n) is 8.15. The van der Waals surface area contributed by atoms with Crippen LogP contribution in [0.1, 0.15) is 12.7 Å². The van der Waals surface area contributed by atoms with E-state index in [1.807, 2.05) is 19.1 Å². The molecule has 0 bridgehead atoms.